The van der Waals surface area contributed by atoms with Gasteiger partial charge in [-0.3, -0.25) is 9.89 Å². The van der Waals surface area contributed by atoms with Gasteiger partial charge in [-0.25, -0.2) is 0 Å². The zero-order valence-electron chi connectivity index (χ0n) is 11.2. The lowest BCUT2D eigenvalue weighted by molar-refractivity contribution is 0.0940. The van der Waals surface area contributed by atoms with Crippen LogP contribution in [0.2, 0.25) is 5.02 Å². The van der Waals surface area contributed by atoms with Crippen LogP contribution in [0.5, 0.6) is 0 Å². The van der Waals surface area contributed by atoms with Gasteiger partial charge in [0.1, 0.15) is 5.69 Å². The lowest BCUT2D eigenvalue weighted by Crippen LogP contribution is -2.26. The van der Waals surface area contributed by atoms with Crippen LogP contribution in [0.15, 0.2) is 18.5 Å². The van der Waals surface area contributed by atoms with Crippen LogP contribution in [-0.4, -0.2) is 20.7 Å². The minimum Gasteiger partial charge on any atom is -0.347 e. The molecule has 2 aromatic rings. The largest absolute Gasteiger partial charge is 0.347 e. The molecule has 2 aromatic heterocycles. The number of hydrogen-bond acceptors (Lipinski definition) is 2. The van der Waals surface area contributed by atoms with Gasteiger partial charge in [0.15, 0.2) is 0 Å². The van der Waals surface area contributed by atoms with Crippen LogP contribution in [0.4, 0.5) is 0 Å². The van der Waals surface area contributed by atoms with Gasteiger partial charge in [0, 0.05) is 30.0 Å². The summed E-state index contributed by atoms with van der Waals surface area (Å²) < 4.78 is 1.86. The number of carbonyl (C=O) groups excluding carboxylic acids is 1. The quantitative estimate of drug-likeness (QED) is 0.904. The second-order valence-electron chi connectivity index (χ2n) is 4.75. The molecule has 0 unspecified atom stereocenters. The molecular weight excluding hydrogens is 264 g/mol. The number of carbonyl (C=O) groups is 1. The summed E-state index contributed by atoms with van der Waals surface area (Å²) in [4.78, 5) is 12.2. The molecule has 0 spiro atoms. The molecule has 0 aromatic carbocycles. The predicted octanol–water partition coefficient (Wildman–Crippen LogP) is 2.68. The van der Waals surface area contributed by atoms with Gasteiger partial charge >= 0.3 is 0 Å². The summed E-state index contributed by atoms with van der Waals surface area (Å²) in [5, 5.41) is 10.2. The van der Waals surface area contributed by atoms with E-state index in [1.54, 1.807) is 18.5 Å². The molecule has 0 saturated heterocycles. The summed E-state index contributed by atoms with van der Waals surface area (Å²) >= 11 is 5.96. The number of H-pyrrole nitrogens is 1. The first-order chi connectivity index (χ1) is 8.99. The Bertz CT molecular complexity index is 585. The monoisotopic (exact) mass is 280 g/mol. The Hall–Kier alpha value is -1.75. The van der Waals surface area contributed by atoms with Crippen LogP contribution < -0.4 is 5.32 Å². The molecule has 2 heterocycles. The van der Waals surface area contributed by atoms with Crippen molar-refractivity contribution < 1.29 is 4.79 Å². The minimum absolute atomic E-state index is 0.138. The van der Waals surface area contributed by atoms with E-state index in [9.17, 15) is 4.79 Å². The van der Waals surface area contributed by atoms with Gasteiger partial charge < -0.3 is 9.88 Å². The van der Waals surface area contributed by atoms with Crippen LogP contribution >= 0.6 is 11.6 Å². The highest BCUT2D eigenvalue weighted by atomic mass is 35.5. The predicted molar refractivity (Wildman–Crippen MR) is 74.3 cm³/mol. The fourth-order valence-electron chi connectivity index (χ4n) is 1.87. The molecule has 0 fully saturated rings. The number of nitrogens with one attached hydrogen (secondary N) is 2. The van der Waals surface area contributed by atoms with Gasteiger partial charge in [-0.1, -0.05) is 11.6 Å². The van der Waals surface area contributed by atoms with E-state index in [-0.39, 0.29) is 11.9 Å². The molecular formula is C13H17ClN4O. The number of aryl methyl sites for hydroxylation is 1. The van der Waals surface area contributed by atoms with E-state index in [0.717, 1.165) is 11.3 Å². The van der Waals surface area contributed by atoms with E-state index < -0.39 is 0 Å². The van der Waals surface area contributed by atoms with Crippen molar-refractivity contribution in [1.29, 1.82) is 0 Å². The summed E-state index contributed by atoms with van der Waals surface area (Å²) in [6, 6.07) is 1.86. The molecule has 0 radical (unpaired) electrons. The molecule has 2 N–H and O–H groups in total. The lowest BCUT2D eigenvalue weighted by atomic mass is 10.2. The van der Waals surface area contributed by atoms with Gasteiger partial charge in [-0.2, -0.15) is 5.10 Å². The number of aromatic amines is 1. The third-order valence-corrected chi connectivity index (χ3v) is 3.18. The molecule has 19 heavy (non-hydrogen) atoms. The first-order valence-corrected chi connectivity index (χ1v) is 6.51. The van der Waals surface area contributed by atoms with Crippen molar-refractivity contribution in [2.24, 2.45) is 0 Å². The molecule has 0 bridgehead atoms. The summed E-state index contributed by atoms with van der Waals surface area (Å²) in [5.41, 5.74) is 2.50. The van der Waals surface area contributed by atoms with E-state index in [0.29, 0.717) is 17.3 Å². The topological polar surface area (TPSA) is 62.7 Å². The number of hydrogen-bond donors (Lipinski definition) is 2. The summed E-state index contributed by atoms with van der Waals surface area (Å²) in [7, 11) is 0. The maximum absolute atomic E-state index is 12.2. The van der Waals surface area contributed by atoms with Crippen molar-refractivity contribution in [3.8, 4) is 0 Å². The Morgan fingerprint density at radius 1 is 1.58 bits per heavy atom. The van der Waals surface area contributed by atoms with Crippen molar-refractivity contribution >= 4 is 17.5 Å². The SMILES string of the molecule is Cc1[nH]ncc1CNC(=O)c1cc(Cl)cn1C(C)C. The van der Waals surface area contributed by atoms with Gasteiger partial charge in [-0.05, 0) is 26.8 Å². The van der Waals surface area contributed by atoms with E-state index in [2.05, 4.69) is 15.5 Å². The number of halogens is 1. The van der Waals surface area contributed by atoms with Crippen molar-refractivity contribution in [2.75, 3.05) is 0 Å². The maximum Gasteiger partial charge on any atom is 0.268 e. The second kappa shape index (κ2) is 5.48. The average molecular weight is 281 g/mol. The van der Waals surface area contributed by atoms with E-state index in [1.807, 2.05) is 25.3 Å². The molecule has 0 saturated carbocycles. The van der Waals surface area contributed by atoms with Crippen LogP contribution in [0.25, 0.3) is 0 Å². The zero-order chi connectivity index (χ0) is 14.0. The number of nitrogens with zero attached hydrogens (tertiary/aromatic N) is 2. The molecule has 0 aliphatic rings. The molecule has 2 rings (SSSR count). The molecule has 102 valence electrons. The highest BCUT2D eigenvalue weighted by Gasteiger charge is 2.15. The van der Waals surface area contributed by atoms with Crippen molar-refractivity contribution in [3.05, 3.63) is 40.4 Å². The first-order valence-electron chi connectivity index (χ1n) is 6.13. The molecule has 5 nitrogen and oxygen atoms in total. The van der Waals surface area contributed by atoms with E-state index in [4.69, 9.17) is 11.6 Å². The maximum atomic E-state index is 12.2. The fourth-order valence-corrected chi connectivity index (χ4v) is 2.08. The van der Waals surface area contributed by atoms with E-state index in [1.165, 1.54) is 0 Å². The highest BCUT2D eigenvalue weighted by Crippen LogP contribution is 2.18. The lowest BCUT2D eigenvalue weighted by Gasteiger charge is -2.12. The summed E-state index contributed by atoms with van der Waals surface area (Å²) in [5.74, 6) is -0.138. The van der Waals surface area contributed by atoms with E-state index >= 15 is 0 Å². The Kier molecular flexibility index (Phi) is 3.95. The Morgan fingerprint density at radius 3 is 2.89 bits per heavy atom. The highest BCUT2D eigenvalue weighted by molar-refractivity contribution is 6.31. The van der Waals surface area contributed by atoms with Gasteiger partial charge in [0.2, 0.25) is 0 Å². The molecule has 0 aliphatic heterocycles. The van der Waals surface area contributed by atoms with Crippen LogP contribution in [0.1, 0.15) is 41.6 Å². The number of rotatable bonds is 4. The van der Waals surface area contributed by atoms with Crippen LogP contribution in [0, 0.1) is 6.92 Å². The standard InChI is InChI=1S/C13H17ClN4O/c1-8(2)18-7-11(14)4-12(18)13(19)15-5-10-6-16-17-9(10)3/h4,6-8H,5H2,1-3H3,(H,15,19)(H,16,17). The molecule has 0 aliphatic carbocycles. The zero-order valence-corrected chi connectivity index (χ0v) is 12.0. The molecule has 1 amide bonds. The molecule has 6 heteroatoms. The molecule has 0 atom stereocenters. The Labute approximate surface area is 117 Å². The van der Waals surface area contributed by atoms with Gasteiger partial charge in [0.05, 0.1) is 11.2 Å². The second-order valence-corrected chi connectivity index (χ2v) is 5.18. The average Bonchev–Trinajstić information content (AvgIpc) is 2.92. The van der Waals surface area contributed by atoms with Gasteiger partial charge in [-0.15, -0.1) is 0 Å². The van der Waals surface area contributed by atoms with Crippen molar-refractivity contribution in [1.82, 2.24) is 20.1 Å². The third kappa shape index (κ3) is 2.98. The van der Waals surface area contributed by atoms with Crippen molar-refractivity contribution in [2.45, 2.75) is 33.4 Å². The smallest absolute Gasteiger partial charge is 0.268 e. The van der Waals surface area contributed by atoms with Gasteiger partial charge in [0.25, 0.3) is 5.91 Å². The number of amides is 1. The normalized spacial score (nSPS) is 11.0. The third-order valence-electron chi connectivity index (χ3n) is 2.98. The Balaban J connectivity index is 2.10. The van der Waals surface area contributed by atoms with Crippen molar-refractivity contribution in [3.63, 3.8) is 0 Å². The minimum atomic E-state index is -0.138. The Morgan fingerprint density at radius 2 is 2.32 bits per heavy atom. The summed E-state index contributed by atoms with van der Waals surface area (Å²) in [6.07, 6.45) is 3.48. The van der Waals surface area contributed by atoms with Crippen LogP contribution in [-0.2, 0) is 6.54 Å². The number of aromatic nitrogens is 3. The first kappa shape index (κ1) is 13.7. The van der Waals surface area contributed by atoms with Crippen LogP contribution in [0.3, 0.4) is 0 Å². The summed E-state index contributed by atoms with van der Waals surface area (Å²) in [6.45, 7) is 6.38. The fraction of sp³-hybridized carbons (Fsp3) is 0.385.